The minimum Gasteiger partial charge on any atom is -0.377 e. The number of rotatable bonds is 8. The molecule has 0 unspecified atom stereocenters. The number of hydrogen-bond donors (Lipinski definition) is 3. The Balaban J connectivity index is 1.46. The second kappa shape index (κ2) is 13.8. The molecule has 10 nitrogen and oxygen atoms in total. The second-order valence-electron chi connectivity index (χ2n) is 12.9. The van der Waals surface area contributed by atoms with E-state index in [1.165, 1.54) is 0 Å². The first kappa shape index (κ1) is 35.2. The van der Waals surface area contributed by atoms with E-state index in [2.05, 4.69) is 25.9 Å². The molecule has 2 aromatic heterocycles. The fourth-order valence-electron chi connectivity index (χ4n) is 5.41. The van der Waals surface area contributed by atoms with Crippen LogP contribution in [0.4, 0.5) is 30.5 Å². The number of fused-ring (bicyclic) bond motifs is 1. The van der Waals surface area contributed by atoms with Gasteiger partial charge in [0, 0.05) is 49.8 Å². The summed E-state index contributed by atoms with van der Waals surface area (Å²) in [4.78, 5) is 39.3. The molecule has 2 amide bonds. The lowest BCUT2D eigenvalue weighted by Gasteiger charge is -2.25. The van der Waals surface area contributed by atoms with Gasteiger partial charge >= 0.3 is 6.18 Å². The van der Waals surface area contributed by atoms with Crippen LogP contribution in [0.5, 0.6) is 0 Å². The summed E-state index contributed by atoms with van der Waals surface area (Å²) in [5, 5.41) is 10.0. The predicted octanol–water partition coefficient (Wildman–Crippen LogP) is 7.97. The van der Waals surface area contributed by atoms with E-state index in [4.69, 9.17) is 28.2 Å². The van der Waals surface area contributed by atoms with Gasteiger partial charge in [-0.05, 0) is 49.4 Å². The fraction of sp³-hybridized carbons (Fsp3) is 0.424. The van der Waals surface area contributed by atoms with E-state index in [0.717, 1.165) is 5.82 Å². The molecule has 0 aliphatic heterocycles. The molecule has 5 rings (SSSR count). The van der Waals surface area contributed by atoms with Gasteiger partial charge in [-0.2, -0.15) is 13.2 Å². The van der Waals surface area contributed by atoms with Gasteiger partial charge in [-0.15, -0.1) is 0 Å². The van der Waals surface area contributed by atoms with Crippen LogP contribution in [0.1, 0.15) is 68.2 Å². The number of carbonyl (C=O) groups excluding carboxylic acids is 2. The number of benzene rings is 2. The maximum Gasteiger partial charge on any atom is 0.391 e. The van der Waals surface area contributed by atoms with Crippen LogP contribution < -0.4 is 16.0 Å². The molecule has 1 saturated carbocycles. The Morgan fingerprint density at radius 3 is 2.40 bits per heavy atom. The van der Waals surface area contributed by atoms with Crippen molar-refractivity contribution in [2.45, 2.75) is 65.7 Å². The SMILES string of the molecule is Cn1ccnc1CNc1cc2c(cc1C(=O)N=C1CCC(C(F)(F)F)CC1)nc(Nc1c(Cl)ccc(CNC(=O)C(C)(C)C)c1Cl)n2C. The lowest BCUT2D eigenvalue weighted by atomic mass is 9.87. The van der Waals surface area contributed by atoms with Crippen molar-refractivity contribution in [2.24, 2.45) is 30.4 Å². The molecule has 0 radical (unpaired) electrons. The molecule has 4 aromatic rings. The van der Waals surface area contributed by atoms with Crippen LogP contribution in [0.3, 0.4) is 0 Å². The normalized spacial score (nSPS) is 15.5. The minimum absolute atomic E-state index is 0.0938. The Hall–Kier alpha value is -4.10. The number of aromatic nitrogens is 4. The fourth-order valence-corrected chi connectivity index (χ4v) is 5.94. The molecule has 256 valence electrons. The Bertz CT molecular complexity index is 1880. The summed E-state index contributed by atoms with van der Waals surface area (Å²) < 4.78 is 43.2. The quantitative estimate of drug-likeness (QED) is 0.171. The number of imidazole rings is 2. The maximum atomic E-state index is 13.6. The first-order valence-electron chi connectivity index (χ1n) is 15.4. The molecule has 1 fully saturated rings. The molecule has 3 N–H and O–H groups in total. The van der Waals surface area contributed by atoms with E-state index in [9.17, 15) is 22.8 Å². The molecule has 15 heteroatoms. The molecule has 1 aliphatic carbocycles. The van der Waals surface area contributed by atoms with Crippen molar-refractivity contribution in [1.29, 1.82) is 0 Å². The Morgan fingerprint density at radius 1 is 1.06 bits per heavy atom. The van der Waals surface area contributed by atoms with Gasteiger partial charge < -0.3 is 25.1 Å². The number of anilines is 3. The zero-order valence-corrected chi connectivity index (χ0v) is 28.7. The van der Waals surface area contributed by atoms with Gasteiger partial charge in [-0.3, -0.25) is 9.59 Å². The highest BCUT2D eigenvalue weighted by molar-refractivity contribution is 6.39. The number of carbonyl (C=O) groups is 2. The van der Waals surface area contributed by atoms with Crippen molar-refractivity contribution in [2.75, 3.05) is 10.6 Å². The van der Waals surface area contributed by atoms with E-state index in [-0.39, 0.29) is 43.7 Å². The zero-order valence-electron chi connectivity index (χ0n) is 27.2. The average Bonchev–Trinajstić information content (AvgIpc) is 3.57. The highest BCUT2D eigenvalue weighted by Crippen LogP contribution is 2.38. The molecule has 48 heavy (non-hydrogen) atoms. The standard InChI is InChI=1S/C33H37Cl2F3N8O2/c1-32(2,3)30(48)41-16-18-6-11-22(34)28(27(18)35)44-31-43-24-14-21(29(47)42-20-9-7-19(8-10-20)33(36,37)38)23(15-25(24)46(31)5)40-17-26-39-12-13-45(26)4/h6,11-15,19,40H,7-10,16-17H2,1-5H3,(H,41,48)(H,43,44). The van der Waals surface area contributed by atoms with Crippen LogP contribution in [-0.4, -0.2) is 42.8 Å². The molecule has 0 atom stereocenters. The van der Waals surface area contributed by atoms with Crippen LogP contribution in [0.15, 0.2) is 41.7 Å². The van der Waals surface area contributed by atoms with E-state index in [0.29, 0.717) is 56.2 Å². The average molecular weight is 706 g/mol. The largest absolute Gasteiger partial charge is 0.391 e. The molecule has 0 bridgehead atoms. The molecule has 2 heterocycles. The number of amides is 2. The highest BCUT2D eigenvalue weighted by atomic mass is 35.5. The van der Waals surface area contributed by atoms with Crippen molar-refractivity contribution in [3.05, 3.63) is 63.7 Å². The summed E-state index contributed by atoms with van der Waals surface area (Å²) in [6.07, 6.45) is -0.770. The van der Waals surface area contributed by atoms with Crippen molar-refractivity contribution in [3.8, 4) is 0 Å². The number of aryl methyl sites for hydroxylation is 2. The number of alkyl halides is 3. The Labute approximate surface area is 286 Å². The molecule has 2 aromatic carbocycles. The van der Waals surface area contributed by atoms with Gasteiger partial charge in [-0.25, -0.2) is 15.0 Å². The molecule has 1 aliphatic rings. The van der Waals surface area contributed by atoms with E-state index in [1.807, 2.05) is 32.4 Å². The summed E-state index contributed by atoms with van der Waals surface area (Å²) >= 11 is 13.3. The van der Waals surface area contributed by atoms with E-state index < -0.39 is 23.4 Å². The van der Waals surface area contributed by atoms with Gasteiger partial charge in [0.25, 0.3) is 5.91 Å². The third-order valence-corrected chi connectivity index (χ3v) is 9.17. The van der Waals surface area contributed by atoms with Crippen molar-refractivity contribution in [3.63, 3.8) is 0 Å². The first-order chi connectivity index (χ1) is 22.5. The highest BCUT2D eigenvalue weighted by Gasteiger charge is 2.40. The number of nitrogens with zero attached hydrogens (tertiary/aromatic N) is 5. The first-order valence-corrected chi connectivity index (χ1v) is 16.2. The molecular formula is C33H37Cl2F3N8O2. The van der Waals surface area contributed by atoms with Crippen LogP contribution in [0.25, 0.3) is 11.0 Å². The van der Waals surface area contributed by atoms with Gasteiger partial charge in [0.1, 0.15) is 5.82 Å². The van der Waals surface area contributed by atoms with Crippen molar-refractivity contribution < 1.29 is 22.8 Å². The van der Waals surface area contributed by atoms with Crippen LogP contribution in [-0.2, 0) is 32.0 Å². The third-order valence-electron chi connectivity index (χ3n) is 8.42. The van der Waals surface area contributed by atoms with Crippen molar-refractivity contribution in [1.82, 2.24) is 24.4 Å². The molecule has 0 saturated heterocycles. The smallest absolute Gasteiger partial charge is 0.377 e. The van der Waals surface area contributed by atoms with Gasteiger partial charge in [-0.1, -0.05) is 50.0 Å². The minimum atomic E-state index is -4.26. The topological polar surface area (TPSA) is 118 Å². The second-order valence-corrected chi connectivity index (χ2v) is 13.7. The van der Waals surface area contributed by atoms with Crippen LogP contribution in [0.2, 0.25) is 10.0 Å². The number of aliphatic imine (C=N–C) groups is 1. The lowest BCUT2D eigenvalue weighted by Crippen LogP contribution is -2.34. The van der Waals surface area contributed by atoms with Gasteiger partial charge in [0.15, 0.2) is 0 Å². The van der Waals surface area contributed by atoms with Gasteiger partial charge in [0.05, 0.1) is 44.8 Å². The van der Waals surface area contributed by atoms with Gasteiger partial charge in [0.2, 0.25) is 11.9 Å². The predicted molar refractivity (Wildman–Crippen MR) is 182 cm³/mol. The molecular weight excluding hydrogens is 668 g/mol. The Kier molecular flexibility index (Phi) is 10.1. The number of halogens is 5. The number of hydrogen-bond acceptors (Lipinski definition) is 6. The Morgan fingerprint density at radius 2 is 1.77 bits per heavy atom. The third kappa shape index (κ3) is 7.78. The van der Waals surface area contributed by atoms with Crippen LogP contribution in [0, 0.1) is 11.3 Å². The summed E-state index contributed by atoms with van der Waals surface area (Å²) in [6, 6.07) is 6.79. The van der Waals surface area contributed by atoms with E-state index in [1.54, 1.807) is 48.3 Å². The monoisotopic (exact) mass is 704 g/mol. The summed E-state index contributed by atoms with van der Waals surface area (Å²) in [6.45, 7) is 5.95. The zero-order chi connectivity index (χ0) is 35.0. The molecule has 0 spiro atoms. The van der Waals surface area contributed by atoms with E-state index >= 15 is 0 Å². The summed E-state index contributed by atoms with van der Waals surface area (Å²) in [5.74, 6) is -0.991. The van der Waals surface area contributed by atoms with Crippen LogP contribution >= 0.6 is 23.2 Å². The lowest BCUT2D eigenvalue weighted by molar-refractivity contribution is -0.178. The number of nitrogens with one attached hydrogen (secondary N) is 3. The van der Waals surface area contributed by atoms with Crippen molar-refractivity contribution >= 4 is 69.1 Å². The summed E-state index contributed by atoms with van der Waals surface area (Å²) in [7, 11) is 3.64. The summed E-state index contributed by atoms with van der Waals surface area (Å²) in [5.41, 5.74) is 2.73. The maximum absolute atomic E-state index is 13.6.